The fraction of sp³-hybridized carbons (Fsp3) is 0.286. The summed E-state index contributed by atoms with van der Waals surface area (Å²) in [7, 11) is 0. The van der Waals surface area contributed by atoms with Crippen molar-refractivity contribution in [1.82, 2.24) is 5.32 Å². The minimum atomic E-state index is -4.96. The van der Waals surface area contributed by atoms with E-state index < -0.39 is 54.7 Å². The van der Waals surface area contributed by atoms with Crippen molar-refractivity contribution in [2.24, 2.45) is 10.9 Å². The second-order valence-corrected chi connectivity index (χ2v) is 8.47. The summed E-state index contributed by atoms with van der Waals surface area (Å²) in [6, 6.07) is 6.82. The number of hydrogen-bond donors (Lipinski definition) is 2. The van der Waals surface area contributed by atoms with E-state index in [1.165, 1.54) is 12.1 Å². The normalized spacial score (nSPS) is 18.1. The summed E-state index contributed by atoms with van der Waals surface area (Å²) in [4.78, 5) is 28.6. The molecule has 1 aliphatic heterocycles. The van der Waals surface area contributed by atoms with Crippen LogP contribution < -0.4 is 11.1 Å². The molecular formula is C21H15Cl2F6N3O3. The molecule has 1 heterocycles. The highest BCUT2D eigenvalue weighted by molar-refractivity contribution is 6.34. The predicted octanol–water partition coefficient (Wildman–Crippen LogP) is 4.90. The molecule has 0 aromatic heterocycles. The van der Waals surface area contributed by atoms with Crippen molar-refractivity contribution >= 4 is 40.7 Å². The number of halogens is 8. The Morgan fingerprint density at radius 3 is 2.23 bits per heavy atom. The lowest BCUT2D eigenvalue weighted by molar-refractivity contribution is -0.275. The largest absolute Gasteiger partial charge is 0.435 e. The quantitative estimate of drug-likeness (QED) is 0.509. The van der Waals surface area contributed by atoms with Crippen LogP contribution in [0.25, 0.3) is 0 Å². The smallest absolute Gasteiger partial charge is 0.374 e. The van der Waals surface area contributed by atoms with Crippen molar-refractivity contribution in [3.05, 3.63) is 68.7 Å². The third kappa shape index (κ3) is 5.99. The number of carbonyl (C=O) groups is 2. The van der Waals surface area contributed by atoms with Gasteiger partial charge in [0.15, 0.2) is 0 Å². The van der Waals surface area contributed by atoms with Gasteiger partial charge in [0.1, 0.15) is 6.54 Å². The summed E-state index contributed by atoms with van der Waals surface area (Å²) >= 11 is 11.7. The predicted molar refractivity (Wildman–Crippen MR) is 114 cm³/mol. The second-order valence-electron chi connectivity index (χ2n) is 7.59. The van der Waals surface area contributed by atoms with Gasteiger partial charge in [-0.3, -0.25) is 9.59 Å². The summed E-state index contributed by atoms with van der Waals surface area (Å²) < 4.78 is 79.6. The first-order valence-electron chi connectivity index (χ1n) is 9.66. The Morgan fingerprint density at radius 2 is 1.69 bits per heavy atom. The van der Waals surface area contributed by atoms with Crippen LogP contribution in [0.3, 0.4) is 0 Å². The number of nitrogens with one attached hydrogen (secondary N) is 1. The van der Waals surface area contributed by atoms with Crippen molar-refractivity contribution in [1.29, 1.82) is 0 Å². The highest BCUT2D eigenvalue weighted by Gasteiger charge is 2.62. The van der Waals surface area contributed by atoms with Gasteiger partial charge in [0.05, 0.1) is 12.1 Å². The zero-order valence-corrected chi connectivity index (χ0v) is 18.9. The molecular weight excluding hydrogens is 527 g/mol. The van der Waals surface area contributed by atoms with E-state index >= 15 is 0 Å². The summed E-state index contributed by atoms with van der Waals surface area (Å²) in [6.07, 6.45) is -11.1. The van der Waals surface area contributed by atoms with Crippen LogP contribution in [0.5, 0.6) is 0 Å². The lowest BCUT2D eigenvalue weighted by atomic mass is 9.86. The molecule has 0 radical (unpaired) electrons. The van der Waals surface area contributed by atoms with Gasteiger partial charge in [-0.2, -0.15) is 26.3 Å². The third-order valence-electron chi connectivity index (χ3n) is 5.06. The van der Waals surface area contributed by atoms with Crippen LogP contribution in [-0.2, 0) is 21.7 Å². The molecule has 6 nitrogen and oxygen atoms in total. The summed E-state index contributed by atoms with van der Waals surface area (Å²) in [5, 5.41) is 5.09. The molecule has 14 heteroatoms. The average molecular weight is 542 g/mol. The molecule has 35 heavy (non-hydrogen) atoms. The molecule has 1 aliphatic rings. The molecule has 2 amide bonds. The first kappa shape index (κ1) is 26.6. The van der Waals surface area contributed by atoms with Crippen molar-refractivity contribution in [2.75, 3.05) is 6.54 Å². The first-order valence-corrected chi connectivity index (χ1v) is 10.4. The van der Waals surface area contributed by atoms with Gasteiger partial charge in [0, 0.05) is 27.6 Å². The molecule has 188 valence electrons. The molecule has 0 saturated carbocycles. The molecule has 0 spiro atoms. The first-order chi connectivity index (χ1) is 16.1. The number of nitrogens with two attached hydrogens (primary N) is 1. The molecule has 2 aromatic rings. The van der Waals surface area contributed by atoms with Crippen LogP contribution >= 0.6 is 23.2 Å². The summed E-state index contributed by atoms with van der Waals surface area (Å²) in [5.74, 6) is -2.07. The van der Waals surface area contributed by atoms with Crippen LogP contribution in [-0.4, -0.2) is 36.4 Å². The van der Waals surface area contributed by atoms with Gasteiger partial charge in [-0.15, -0.1) is 0 Å². The van der Waals surface area contributed by atoms with Crippen LogP contribution in [0.4, 0.5) is 26.3 Å². The molecule has 0 fully saturated rings. The van der Waals surface area contributed by atoms with E-state index in [-0.39, 0.29) is 32.4 Å². The molecule has 3 rings (SSSR count). The maximum Gasteiger partial charge on any atom is 0.435 e. The lowest BCUT2D eigenvalue weighted by Crippen LogP contribution is -2.42. The number of nitrogens with zero attached hydrogens (tertiary/aromatic N) is 1. The van der Waals surface area contributed by atoms with Gasteiger partial charge in [-0.1, -0.05) is 34.4 Å². The molecule has 0 aliphatic carbocycles. The Labute approximate surface area is 204 Å². The third-order valence-corrected chi connectivity index (χ3v) is 5.49. The number of carbonyl (C=O) groups excluding carboxylic acids is 2. The number of benzene rings is 2. The molecule has 1 unspecified atom stereocenters. The molecule has 0 bridgehead atoms. The standard InChI is InChI=1S/C21H15Cl2F6N3O3/c22-13-5-12(6-14(23)7-13)19(21(27,28)29)8-16(32-35-19)10-1-2-15(18(30)34)11(3-10)4-17(33)31-9-20(24,25)26/h1-3,5-7H,4,8-9H2,(H2,30,34)(H,31,33). The highest BCUT2D eigenvalue weighted by Crippen LogP contribution is 2.49. The van der Waals surface area contributed by atoms with Gasteiger partial charge in [-0.05, 0) is 41.5 Å². The van der Waals surface area contributed by atoms with Gasteiger partial charge in [0.25, 0.3) is 5.60 Å². The summed E-state index contributed by atoms with van der Waals surface area (Å²) in [6.45, 7) is -1.60. The fourth-order valence-corrected chi connectivity index (χ4v) is 3.97. The lowest BCUT2D eigenvalue weighted by Gasteiger charge is -2.29. The van der Waals surface area contributed by atoms with E-state index in [1.807, 2.05) is 0 Å². The van der Waals surface area contributed by atoms with Gasteiger partial charge in [-0.25, -0.2) is 0 Å². The number of amides is 2. The Hall–Kier alpha value is -2.99. The molecule has 1 atom stereocenters. The average Bonchev–Trinajstić information content (AvgIpc) is 3.18. The SMILES string of the molecule is NC(=O)c1ccc(C2=NOC(c3cc(Cl)cc(Cl)c3)(C(F)(F)F)C2)cc1CC(=O)NCC(F)(F)F. The molecule has 3 N–H and O–H groups in total. The zero-order valence-electron chi connectivity index (χ0n) is 17.4. The summed E-state index contributed by atoms with van der Waals surface area (Å²) in [5.41, 5.74) is 1.47. The van der Waals surface area contributed by atoms with Crippen LogP contribution in [0.15, 0.2) is 41.6 Å². The number of primary amides is 1. The van der Waals surface area contributed by atoms with E-state index in [1.54, 1.807) is 5.32 Å². The molecule has 2 aromatic carbocycles. The zero-order chi connectivity index (χ0) is 26.2. The fourth-order valence-electron chi connectivity index (χ4n) is 3.44. The van der Waals surface area contributed by atoms with E-state index in [0.717, 1.165) is 24.3 Å². The maximum atomic E-state index is 14.2. The number of alkyl halides is 6. The Balaban J connectivity index is 1.94. The van der Waals surface area contributed by atoms with Crippen LogP contribution in [0, 0.1) is 0 Å². The Bertz CT molecular complexity index is 1180. The van der Waals surface area contributed by atoms with Gasteiger partial charge in [0.2, 0.25) is 11.8 Å². The number of oxime groups is 1. The topological polar surface area (TPSA) is 93.8 Å². The maximum absolute atomic E-state index is 14.2. The Kier molecular flexibility index (Phi) is 7.28. The van der Waals surface area contributed by atoms with E-state index in [9.17, 15) is 35.9 Å². The number of hydrogen-bond acceptors (Lipinski definition) is 4. The van der Waals surface area contributed by atoms with Crippen molar-refractivity contribution in [2.45, 2.75) is 30.8 Å². The van der Waals surface area contributed by atoms with Crippen molar-refractivity contribution < 1.29 is 40.8 Å². The van der Waals surface area contributed by atoms with E-state index in [0.29, 0.717) is 0 Å². The van der Waals surface area contributed by atoms with Crippen molar-refractivity contribution in [3.8, 4) is 0 Å². The highest BCUT2D eigenvalue weighted by atomic mass is 35.5. The van der Waals surface area contributed by atoms with E-state index in [2.05, 4.69) is 5.16 Å². The van der Waals surface area contributed by atoms with Crippen molar-refractivity contribution in [3.63, 3.8) is 0 Å². The van der Waals surface area contributed by atoms with Crippen LogP contribution in [0.2, 0.25) is 10.0 Å². The second kappa shape index (κ2) is 9.57. The minimum absolute atomic E-state index is 0.0351. The Morgan fingerprint density at radius 1 is 1.06 bits per heavy atom. The minimum Gasteiger partial charge on any atom is -0.374 e. The monoisotopic (exact) mass is 541 g/mol. The van der Waals surface area contributed by atoms with Gasteiger partial charge >= 0.3 is 12.4 Å². The van der Waals surface area contributed by atoms with Gasteiger partial charge < -0.3 is 15.9 Å². The molecule has 0 saturated heterocycles. The van der Waals surface area contributed by atoms with E-state index in [4.69, 9.17) is 33.8 Å². The van der Waals surface area contributed by atoms with Crippen LogP contribution in [0.1, 0.15) is 33.5 Å². The number of rotatable bonds is 6.